The normalized spacial score (nSPS) is 13.4. The lowest BCUT2D eigenvalue weighted by Crippen LogP contribution is -2.33. The molecular formula is C15H23N3O2. The summed E-state index contributed by atoms with van der Waals surface area (Å²) >= 11 is 0. The van der Waals surface area contributed by atoms with Gasteiger partial charge in [-0.15, -0.1) is 0 Å². The molecule has 5 nitrogen and oxygen atoms in total. The number of carbonyl (C=O) groups excluding carboxylic acids is 2. The Balaban J connectivity index is 2.68. The highest BCUT2D eigenvalue weighted by Crippen LogP contribution is 2.03. The maximum absolute atomic E-state index is 11.9. The van der Waals surface area contributed by atoms with Gasteiger partial charge in [0.25, 0.3) is 11.8 Å². The molecule has 1 aromatic heterocycles. The van der Waals surface area contributed by atoms with E-state index in [1.807, 2.05) is 27.7 Å². The molecule has 1 aromatic rings. The zero-order valence-electron chi connectivity index (χ0n) is 12.6. The Kier molecular flexibility index (Phi) is 6.15. The van der Waals surface area contributed by atoms with Crippen molar-refractivity contribution >= 4 is 11.8 Å². The van der Waals surface area contributed by atoms with Crippen LogP contribution >= 0.6 is 0 Å². The minimum Gasteiger partial charge on any atom is -0.350 e. The summed E-state index contributed by atoms with van der Waals surface area (Å²) in [5, 5.41) is 5.69. The van der Waals surface area contributed by atoms with Crippen molar-refractivity contribution in [2.75, 3.05) is 0 Å². The van der Waals surface area contributed by atoms with Gasteiger partial charge >= 0.3 is 0 Å². The number of amides is 2. The summed E-state index contributed by atoms with van der Waals surface area (Å²) in [4.78, 5) is 27.8. The highest BCUT2D eigenvalue weighted by atomic mass is 16.2. The summed E-state index contributed by atoms with van der Waals surface area (Å²) in [6.07, 6.45) is 3.17. The molecule has 0 unspecified atom stereocenters. The molecule has 110 valence electrons. The fraction of sp³-hybridized carbons (Fsp3) is 0.533. The van der Waals surface area contributed by atoms with Crippen LogP contribution in [-0.2, 0) is 0 Å². The zero-order valence-corrected chi connectivity index (χ0v) is 12.6. The minimum atomic E-state index is -0.215. The Hall–Kier alpha value is -1.91. The van der Waals surface area contributed by atoms with E-state index in [1.165, 1.54) is 6.20 Å². The van der Waals surface area contributed by atoms with Gasteiger partial charge in [-0.2, -0.15) is 0 Å². The summed E-state index contributed by atoms with van der Waals surface area (Å²) in [6.45, 7) is 7.89. The van der Waals surface area contributed by atoms with Crippen LogP contribution in [0.25, 0.3) is 0 Å². The lowest BCUT2D eigenvalue weighted by atomic mass is 10.2. The SMILES string of the molecule is CC[C@@H](C)NC(=O)c1ccc(C(=O)N[C@H](C)CC)nc1. The molecule has 0 spiro atoms. The van der Waals surface area contributed by atoms with E-state index in [1.54, 1.807) is 12.1 Å². The first-order valence-corrected chi connectivity index (χ1v) is 7.05. The van der Waals surface area contributed by atoms with Gasteiger partial charge in [-0.1, -0.05) is 13.8 Å². The molecule has 2 atom stereocenters. The van der Waals surface area contributed by atoms with Gasteiger partial charge in [-0.05, 0) is 38.8 Å². The smallest absolute Gasteiger partial charge is 0.270 e. The molecule has 0 fully saturated rings. The van der Waals surface area contributed by atoms with E-state index >= 15 is 0 Å². The molecule has 1 heterocycles. The maximum Gasteiger partial charge on any atom is 0.270 e. The molecule has 0 aliphatic carbocycles. The van der Waals surface area contributed by atoms with Gasteiger partial charge in [-0.25, -0.2) is 0 Å². The number of pyridine rings is 1. The standard InChI is InChI=1S/C15H23N3O2/c1-5-10(3)17-14(19)12-7-8-13(16-9-12)15(20)18-11(4)6-2/h7-11H,5-6H2,1-4H3,(H,17,19)(H,18,20)/t10-,11-/m1/s1. The molecule has 0 radical (unpaired) electrons. The number of nitrogens with one attached hydrogen (secondary N) is 2. The summed E-state index contributed by atoms with van der Waals surface area (Å²) in [5.41, 5.74) is 0.788. The molecule has 0 saturated carbocycles. The second-order valence-corrected chi connectivity index (χ2v) is 5.00. The van der Waals surface area contributed by atoms with Crippen LogP contribution in [-0.4, -0.2) is 28.9 Å². The number of aromatic nitrogens is 1. The van der Waals surface area contributed by atoms with E-state index in [4.69, 9.17) is 0 Å². The van der Waals surface area contributed by atoms with Crippen LogP contribution in [0.1, 0.15) is 61.4 Å². The van der Waals surface area contributed by atoms with Gasteiger partial charge in [-0.3, -0.25) is 14.6 Å². The van der Waals surface area contributed by atoms with Crippen molar-refractivity contribution in [3.05, 3.63) is 29.6 Å². The number of nitrogens with zero attached hydrogens (tertiary/aromatic N) is 1. The summed E-state index contributed by atoms with van der Waals surface area (Å²) in [7, 11) is 0. The van der Waals surface area contributed by atoms with Gasteiger partial charge in [0, 0.05) is 18.3 Å². The Morgan fingerprint density at radius 2 is 1.60 bits per heavy atom. The van der Waals surface area contributed by atoms with E-state index < -0.39 is 0 Å². The third kappa shape index (κ3) is 4.64. The van der Waals surface area contributed by atoms with E-state index in [0.29, 0.717) is 11.3 Å². The predicted octanol–water partition coefficient (Wildman–Crippen LogP) is 2.14. The van der Waals surface area contributed by atoms with Gasteiger partial charge in [0.2, 0.25) is 0 Å². The zero-order chi connectivity index (χ0) is 15.1. The van der Waals surface area contributed by atoms with Crippen LogP contribution in [0.2, 0.25) is 0 Å². The molecule has 5 heteroatoms. The molecule has 0 aliphatic heterocycles. The molecule has 1 rings (SSSR count). The molecule has 0 saturated heterocycles. The van der Waals surface area contributed by atoms with Gasteiger partial charge < -0.3 is 10.6 Å². The number of hydrogen-bond acceptors (Lipinski definition) is 3. The van der Waals surface area contributed by atoms with E-state index in [2.05, 4.69) is 15.6 Å². The summed E-state index contributed by atoms with van der Waals surface area (Å²) in [5.74, 6) is -0.381. The van der Waals surface area contributed by atoms with Crippen molar-refractivity contribution in [3.63, 3.8) is 0 Å². The molecule has 2 amide bonds. The number of carbonyl (C=O) groups is 2. The topological polar surface area (TPSA) is 71.1 Å². The van der Waals surface area contributed by atoms with Crippen molar-refractivity contribution < 1.29 is 9.59 Å². The average molecular weight is 277 g/mol. The number of rotatable bonds is 6. The Labute approximate surface area is 120 Å². The van der Waals surface area contributed by atoms with Crippen molar-refractivity contribution in [1.82, 2.24) is 15.6 Å². The summed E-state index contributed by atoms with van der Waals surface area (Å²) in [6, 6.07) is 3.42. The quantitative estimate of drug-likeness (QED) is 0.837. The lowest BCUT2D eigenvalue weighted by Gasteiger charge is -2.12. The van der Waals surface area contributed by atoms with Crippen molar-refractivity contribution in [3.8, 4) is 0 Å². The third-order valence-electron chi connectivity index (χ3n) is 3.24. The molecule has 0 aromatic carbocycles. The van der Waals surface area contributed by atoms with Crippen LogP contribution in [0.5, 0.6) is 0 Å². The fourth-order valence-electron chi connectivity index (χ4n) is 1.47. The van der Waals surface area contributed by atoms with Crippen LogP contribution in [0.4, 0.5) is 0 Å². The minimum absolute atomic E-state index is 0.109. The van der Waals surface area contributed by atoms with Crippen molar-refractivity contribution in [2.45, 2.75) is 52.6 Å². The Bertz CT molecular complexity index is 414. The van der Waals surface area contributed by atoms with E-state index in [9.17, 15) is 9.59 Å². The van der Waals surface area contributed by atoms with Crippen molar-refractivity contribution in [1.29, 1.82) is 0 Å². The monoisotopic (exact) mass is 277 g/mol. The Morgan fingerprint density at radius 3 is 2.05 bits per heavy atom. The van der Waals surface area contributed by atoms with Crippen LogP contribution in [0.15, 0.2) is 18.3 Å². The first-order chi connectivity index (χ1) is 9.47. The summed E-state index contributed by atoms with van der Waals surface area (Å²) < 4.78 is 0. The predicted molar refractivity (Wildman–Crippen MR) is 78.7 cm³/mol. The van der Waals surface area contributed by atoms with E-state index in [-0.39, 0.29) is 23.9 Å². The second kappa shape index (κ2) is 7.62. The van der Waals surface area contributed by atoms with Gasteiger partial charge in [0.15, 0.2) is 0 Å². The first-order valence-electron chi connectivity index (χ1n) is 7.05. The molecular weight excluding hydrogens is 254 g/mol. The second-order valence-electron chi connectivity index (χ2n) is 5.00. The van der Waals surface area contributed by atoms with E-state index in [0.717, 1.165) is 12.8 Å². The highest BCUT2D eigenvalue weighted by molar-refractivity contribution is 5.96. The average Bonchev–Trinajstić information content (AvgIpc) is 2.46. The van der Waals surface area contributed by atoms with Gasteiger partial charge in [0.05, 0.1) is 5.56 Å². The maximum atomic E-state index is 11.9. The Morgan fingerprint density at radius 1 is 1.05 bits per heavy atom. The number of hydrogen-bond donors (Lipinski definition) is 2. The van der Waals surface area contributed by atoms with Gasteiger partial charge in [0.1, 0.15) is 5.69 Å². The highest BCUT2D eigenvalue weighted by Gasteiger charge is 2.12. The van der Waals surface area contributed by atoms with Crippen LogP contribution < -0.4 is 10.6 Å². The molecule has 2 N–H and O–H groups in total. The van der Waals surface area contributed by atoms with Crippen LogP contribution in [0, 0.1) is 0 Å². The molecule has 0 aliphatic rings. The first kappa shape index (κ1) is 16.1. The third-order valence-corrected chi connectivity index (χ3v) is 3.24. The molecule has 0 bridgehead atoms. The fourth-order valence-corrected chi connectivity index (χ4v) is 1.47. The molecule has 20 heavy (non-hydrogen) atoms. The van der Waals surface area contributed by atoms with Crippen LogP contribution in [0.3, 0.4) is 0 Å². The lowest BCUT2D eigenvalue weighted by molar-refractivity contribution is 0.0922. The largest absolute Gasteiger partial charge is 0.350 e. The van der Waals surface area contributed by atoms with Crippen molar-refractivity contribution in [2.24, 2.45) is 0 Å².